The summed E-state index contributed by atoms with van der Waals surface area (Å²) in [6.07, 6.45) is 4.52. The Balaban J connectivity index is 1.37. The number of aromatic nitrogens is 1. The summed E-state index contributed by atoms with van der Waals surface area (Å²) in [5.41, 5.74) is 2.81. The first-order valence-electron chi connectivity index (χ1n) is 8.85. The normalized spacial score (nSPS) is 13.1. The van der Waals surface area contributed by atoms with Gasteiger partial charge in [0.1, 0.15) is 12.4 Å². The van der Waals surface area contributed by atoms with E-state index in [1.54, 1.807) is 11.3 Å². The van der Waals surface area contributed by atoms with Gasteiger partial charge in [-0.3, -0.25) is 10.1 Å². The van der Waals surface area contributed by atoms with E-state index < -0.39 is 0 Å². The van der Waals surface area contributed by atoms with Crippen LogP contribution in [0.5, 0.6) is 5.75 Å². The topological polar surface area (TPSA) is 51.2 Å². The summed E-state index contributed by atoms with van der Waals surface area (Å²) in [4.78, 5) is 18.3. The van der Waals surface area contributed by atoms with Crippen LogP contribution in [0.15, 0.2) is 54.6 Å². The number of aryl methyl sites for hydroxylation is 2. The Kier molecular flexibility index (Phi) is 4.97. The molecule has 0 fully saturated rings. The van der Waals surface area contributed by atoms with Crippen LogP contribution in [-0.2, 0) is 19.4 Å². The number of ether oxygens (including phenoxy) is 1. The molecule has 1 aromatic heterocycles. The lowest BCUT2D eigenvalue weighted by Crippen LogP contribution is -2.11. The second-order valence-electron chi connectivity index (χ2n) is 6.35. The van der Waals surface area contributed by atoms with Crippen molar-refractivity contribution in [3.8, 4) is 5.75 Å². The van der Waals surface area contributed by atoms with Crippen molar-refractivity contribution in [2.45, 2.75) is 32.3 Å². The minimum Gasteiger partial charge on any atom is -0.489 e. The Bertz CT molecular complexity index is 865. The highest BCUT2D eigenvalue weighted by atomic mass is 32.1. The average molecular weight is 364 g/mol. The predicted octanol–water partition coefficient (Wildman–Crippen LogP) is 4.85. The Morgan fingerprint density at radius 2 is 1.81 bits per heavy atom. The molecule has 4 nitrogen and oxygen atoms in total. The molecule has 5 heteroatoms. The number of carbonyl (C=O) groups excluding carboxylic acids is 1. The van der Waals surface area contributed by atoms with E-state index >= 15 is 0 Å². The molecular formula is C21H20N2O2S. The van der Waals surface area contributed by atoms with Crippen molar-refractivity contribution in [1.29, 1.82) is 0 Å². The number of rotatable bonds is 5. The fourth-order valence-corrected chi connectivity index (χ4v) is 4.06. The molecule has 0 aliphatic heterocycles. The van der Waals surface area contributed by atoms with Crippen molar-refractivity contribution in [3.63, 3.8) is 0 Å². The molecule has 1 amide bonds. The molecule has 26 heavy (non-hydrogen) atoms. The van der Waals surface area contributed by atoms with Gasteiger partial charge in [-0.05, 0) is 55.5 Å². The van der Waals surface area contributed by atoms with Gasteiger partial charge >= 0.3 is 0 Å². The number of nitrogens with one attached hydrogen (secondary N) is 1. The van der Waals surface area contributed by atoms with Gasteiger partial charge < -0.3 is 4.74 Å². The molecule has 1 heterocycles. The Morgan fingerprint density at radius 1 is 1.04 bits per heavy atom. The molecule has 0 bridgehead atoms. The van der Waals surface area contributed by atoms with Gasteiger partial charge in [-0.25, -0.2) is 4.98 Å². The smallest absolute Gasteiger partial charge is 0.257 e. The average Bonchev–Trinajstić information content (AvgIpc) is 3.10. The van der Waals surface area contributed by atoms with Crippen LogP contribution >= 0.6 is 11.3 Å². The highest BCUT2D eigenvalue weighted by Crippen LogP contribution is 2.29. The van der Waals surface area contributed by atoms with Crippen molar-refractivity contribution in [1.82, 2.24) is 4.98 Å². The maximum atomic E-state index is 12.4. The number of carbonyl (C=O) groups is 1. The molecule has 0 unspecified atom stereocenters. The Morgan fingerprint density at radius 3 is 2.58 bits per heavy atom. The summed E-state index contributed by atoms with van der Waals surface area (Å²) < 4.78 is 5.73. The first kappa shape index (κ1) is 16.8. The van der Waals surface area contributed by atoms with Crippen molar-refractivity contribution in [2.24, 2.45) is 0 Å². The molecule has 2 aromatic carbocycles. The summed E-state index contributed by atoms with van der Waals surface area (Å²) in [5.74, 6) is 0.716. The molecule has 0 atom stereocenters. The minimum absolute atomic E-state index is 0.119. The zero-order chi connectivity index (χ0) is 17.8. The summed E-state index contributed by atoms with van der Waals surface area (Å²) in [6.45, 7) is 0.477. The number of benzene rings is 2. The van der Waals surface area contributed by atoms with Crippen LogP contribution in [-0.4, -0.2) is 10.9 Å². The van der Waals surface area contributed by atoms with Gasteiger partial charge in [0.2, 0.25) is 0 Å². The molecule has 1 aliphatic rings. The maximum Gasteiger partial charge on any atom is 0.257 e. The highest BCUT2D eigenvalue weighted by Gasteiger charge is 2.16. The van der Waals surface area contributed by atoms with Gasteiger partial charge in [-0.15, -0.1) is 11.3 Å². The van der Waals surface area contributed by atoms with Gasteiger partial charge in [0.05, 0.1) is 5.69 Å². The van der Waals surface area contributed by atoms with Gasteiger partial charge in [0, 0.05) is 10.4 Å². The summed E-state index contributed by atoms with van der Waals surface area (Å²) in [6, 6.07) is 17.2. The van der Waals surface area contributed by atoms with Gasteiger partial charge in [-0.2, -0.15) is 0 Å². The molecule has 0 spiro atoms. The SMILES string of the molecule is O=C(Nc1nc2c(s1)CCCC2)c1ccc(COc2ccccc2)cc1. The number of amides is 1. The molecule has 0 saturated heterocycles. The highest BCUT2D eigenvalue weighted by molar-refractivity contribution is 7.15. The van der Waals surface area contributed by atoms with Crippen molar-refractivity contribution < 1.29 is 9.53 Å². The molecule has 4 rings (SSSR count). The zero-order valence-electron chi connectivity index (χ0n) is 14.4. The second kappa shape index (κ2) is 7.70. The third kappa shape index (κ3) is 3.94. The number of nitrogens with zero attached hydrogens (tertiary/aromatic N) is 1. The monoisotopic (exact) mass is 364 g/mol. The fourth-order valence-electron chi connectivity index (χ4n) is 3.01. The van der Waals surface area contributed by atoms with Crippen LogP contribution in [0.4, 0.5) is 5.13 Å². The number of hydrogen-bond acceptors (Lipinski definition) is 4. The molecular weight excluding hydrogens is 344 g/mol. The van der Waals surface area contributed by atoms with E-state index in [2.05, 4.69) is 10.3 Å². The van der Waals surface area contributed by atoms with Crippen molar-refractivity contribution in [3.05, 3.63) is 76.3 Å². The lowest BCUT2D eigenvalue weighted by Gasteiger charge is -2.07. The molecule has 3 aromatic rings. The van der Waals surface area contributed by atoms with E-state index in [1.165, 1.54) is 17.7 Å². The Hall–Kier alpha value is -2.66. The van der Waals surface area contributed by atoms with Crippen LogP contribution in [0.1, 0.15) is 39.3 Å². The lowest BCUT2D eigenvalue weighted by molar-refractivity contribution is 0.102. The lowest BCUT2D eigenvalue weighted by atomic mass is 10.0. The first-order valence-corrected chi connectivity index (χ1v) is 9.66. The van der Waals surface area contributed by atoms with Gasteiger partial charge in [0.15, 0.2) is 5.13 Å². The molecule has 1 aliphatic carbocycles. The van der Waals surface area contributed by atoms with E-state index in [9.17, 15) is 4.79 Å². The van der Waals surface area contributed by atoms with Crippen LogP contribution < -0.4 is 10.1 Å². The standard InChI is InChI=1S/C21H20N2O2S/c24-20(23-21-22-18-8-4-5-9-19(18)26-21)16-12-10-15(11-13-16)14-25-17-6-2-1-3-7-17/h1-3,6-7,10-13H,4-5,8-9,14H2,(H,22,23,24). The minimum atomic E-state index is -0.119. The van der Waals surface area contributed by atoms with Gasteiger partial charge in [0.25, 0.3) is 5.91 Å². The Labute approximate surface area is 156 Å². The third-order valence-electron chi connectivity index (χ3n) is 4.43. The van der Waals surface area contributed by atoms with E-state index in [1.807, 2.05) is 54.6 Å². The molecule has 0 radical (unpaired) electrons. The molecule has 132 valence electrons. The largest absolute Gasteiger partial charge is 0.489 e. The number of hydrogen-bond donors (Lipinski definition) is 1. The third-order valence-corrected chi connectivity index (χ3v) is 5.50. The second-order valence-corrected chi connectivity index (χ2v) is 7.43. The van der Waals surface area contributed by atoms with Crippen LogP contribution in [0.3, 0.4) is 0 Å². The molecule has 0 saturated carbocycles. The number of anilines is 1. The van der Waals surface area contributed by atoms with Crippen LogP contribution in [0.2, 0.25) is 0 Å². The van der Waals surface area contributed by atoms with E-state index in [4.69, 9.17) is 4.74 Å². The van der Waals surface area contributed by atoms with E-state index in [0.717, 1.165) is 29.8 Å². The summed E-state index contributed by atoms with van der Waals surface area (Å²) in [7, 11) is 0. The summed E-state index contributed by atoms with van der Waals surface area (Å²) in [5, 5.41) is 3.64. The number of thiazole rings is 1. The summed E-state index contributed by atoms with van der Waals surface area (Å²) >= 11 is 1.60. The fraction of sp³-hybridized carbons (Fsp3) is 0.238. The van der Waals surface area contributed by atoms with Crippen molar-refractivity contribution in [2.75, 3.05) is 5.32 Å². The first-order chi connectivity index (χ1) is 12.8. The number of para-hydroxylation sites is 1. The van der Waals surface area contributed by atoms with Crippen molar-refractivity contribution >= 4 is 22.4 Å². The molecule has 1 N–H and O–H groups in total. The zero-order valence-corrected chi connectivity index (χ0v) is 15.2. The van der Waals surface area contributed by atoms with E-state index in [-0.39, 0.29) is 5.91 Å². The van der Waals surface area contributed by atoms with Crippen LogP contribution in [0.25, 0.3) is 0 Å². The number of fused-ring (bicyclic) bond motifs is 1. The predicted molar refractivity (Wildman–Crippen MR) is 104 cm³/mol. The van der Waals surface area contributed by atoms with Gasteiger partial charge in [-0.1, -0.05) is 30.3 Å². The van der Waals surface area contributed by atoms with E-state index in [0.29, 0.717) is 17.3 Å². The maximum absolute atomic E-state index is 12.4. The quantitative estimate of drug-likeness (QED) is 0.704. The van der Waals surface area contributed by atoms with Crippen LogP contribution in [0, 0.1) is 0 Å².